The number of halogens is 1. The van der Waals surface area contributed by atoms with Crippen LogP contribution in [0.2, 0.25) is 0 Å². The number of aryl methyl sites for hydroxylation is 1. The van der Waals surface area contributed by atoms with Crippen molar-refractivity contribution in [2.24, 2.45) is 4.99 Å². The summed E-state index contributed by atoms with van der Waals surface area (Å²) < 4.78 is 5.39. The smallest absolute Gasteiger partial charge is 0.257 e. The van der Waals surface area contributed by atoms with Crippen LogP contribution in [0.1, 0.15) is 43.5 Å². The predicted octanol–water partition coefficient (Wildman–Crippen LogP) is 4.33. The zero-order chi connectivity index (χ0) is 21.4. The molecule has 168 valence electrons. The Morgan fingerprint density at radius 1 is 1.23 bits per heavy atom. The van der Waals surface area contributed by atoms with Gasteiger partial charge in [0.05, 0.1) is 13.1 Å². The van der Waals surface area contributed by atoms with Crippen LogP contribution in [0.4, 0.5) is 0 Å². The van der Waals surface area contributed by atoms with E-state index in [1.807, 2.05) is 48.7 Å². The molecule has 0 radical (unpaired) electrons. The lowest BCUT2D eigenvalue weighted by atomic mass is 10.1. The number of benzene rings is 1. The van der Waals surface area contributed by atoms with Gasteiger partial charge in [-0.25, -0.2) is 4.99 Å². The van der Waals surface area contributed by atoms with E-state index in [1.54, 1.807) is 6.92 Å². The molecule has 2 aromatic heterocycles. The van der Waals surface area contributed by atoms with Crippen LogP contribution < -0.4 is 10.6 Å². The number of aliphatic hydroxyl groups is 1. The Labute approximate surface area is 204 Å². The fraction of sp³-hybridized carbons (Fsp3) is 0.409. The van der Waals surface area contributed by atoms with Gasteiger partial charge in [0.1, 0.15) is 5.60 Å². The van der Waals surface area contributed by atoms with Crippen molar-refractivity contribution in [2.45, 2.75) is 45.8 Å². The fourth-order valence-corrected chi connectivity index (χ4v) is 3.73. The van der Waals surface area contributed by atoms with Gasteiger partial charge in [-0.15, -0.1) is 35.3 Å². The summed E-state index contributed by atoms with van der Waals surface area (Å²) in [5.74, 6) is 1.91. The van der Waals surface area contributed by atoms with Crippen molar-refractivity contribution in [1.29, 1.82) is 0 Å². The highest BCUT2D eigenvalue weighted by Crippen LogP contribution is 2.24. The second-order valence-electron chi connectivity index (χ2n) is 7.27. The van der Waals surface area contributed by atoms with Gasteiger partial charge in [-0.1, -0.05) is 30.3 Å². The molecule has 3 N–H and O–H groups in total. The van der Waals surface area contributed by atoms with Gasteiger partial charge in [0.2, 0.25) is 0 Å². The highest BCUT2D eigenvalue weighted by atomic mass is 127. The molecule has 0 amide bonds. The second-order valence-corrected chi connectivity index (χ2v) is 8.21. The third kappa shape index (κ3) is 7.29. The van der Waals surface area contributed by atoms with Crippen molar-refractivity contribution in [3.05, 3.63) is 58.0 Å². The molecule has 0 aliphatic heterocycles. The molecule has 1 aromatic carbocycles. The van der Waals surface area contributed by atoms with E-state index in [0.717, 1.165) is 41.2 Å². The summed E-state index contributed by atoms with van der Waals surface area (Å²) in [4.78, 5) is 10.0. The average molecular weight is 555 g/mol. The maximum Gasteiger partial charge on any atom is 0.257 e. The fourth-order valence-electron chi connectivity index (χ4n) is 2.94. The summed E-state index contributed by atoms with van der Waals surface area (Å²) in [6.07, 6.45) is 1.79. The first-order valence-corrected chi connectivity index (χ1v) is 11.1. The summed E-state index contributed by atoms with van der Waals surface area (Å²) in [7, 11) is 0. The van der Waals surface area contributed by atoms with Gasteiger partial charge in [-0.2, -0.15) is 4.98 Å². The van der Waals surface area contributed by atoms with Gasteiger partial charge in [0.15, 0.2) is 11.8 Å². The summed E-state index contributed by atoms with van der Waals surface area (Å²) >= 11 is 1.54. The Hall–Kier alpha value is -1.98. The van der Waals surface area contributed by atoms with E-state index in [1.165, 1.54) is 11.3 Å². The van der Waals surface area contributed by atoms with Crippen LogP contribution in [0.15, 0.2) is 51.3 Å². The van der Waals surface area contributed by atoms with Crippen molar-refractivity contribution in [3.63, 3.8) is 0 Å². The predicted molar refractivity (Wildman–Crippen MR) is 136 cm³/mol. The minimum Gasteiger partial charge on any atom is -0.383 e. The molecule has 0 aliphatic carbocycles. The number of hydrogen-bond donors (Lipinski definition) is 3. The molecule has 1 unspecified atom stereocenters. The Morgan fingerprint density at radius 2 is 2.06 bits per heavy atom. The number of aromatic nitrogens is 2. The molecule has 3 rings (SSSR count). The average Bonchev–Trinajstić information content (AvgIpc) is 3.43. The monoisotopic (exact) mass is 555 g/mol. The minimum absolute atomic E-state index is 0. The number of guanidine groups is 1. The van der Waals surface area contributed by atoms with Crippen molar-refractivity contribution >= 4 is 41.3 Å². The molecule has 7 nitrogen and oxygen atoms in total. The zero-order valence-electron chi connectivity index (χ0n) is 18.1. The normalized spacial score (nSPS) is 13.4. The van der Waals surface area contributed by atoms with Gasteiger partial charge in [0, 0.05) is 23.4 Å². The molecule has 2 heterocycles. The highest BCUT2D eigenvalue weighted by molar-refractivity contribution is 14.0. The maximum absolute atomic E-state index is 10.7. The van der Waals surface area contributed by atoms with E-state index in [0.29, 0.717) is 24.9 Å². The first kappa shape index (κ1) is 25.3. The summed E-state index contributed by atoms with van der Waals surface area (Å²) in [5.41, 5.74) is 0.958. The number of thiophene rings is 1. The third-order valence-electron chi connectivity index (χ3n) is 4.53. The van der Waals surface area contributed by atoms with E-state index in [2.05, 4.69) is 32.7 Å². The molecule has 0 fully saturated rings. The zero-order valence-corrected chi connectivity index (χ0v) is 21.2. The van der Waals surface area contributed by atoms with Crippen molar-refractivity contribution < 1.29 is 9.63 Å². The molecule has 9 heteroatoms. The highest BCUT2D eigenvalue weighted by Gasteiger charge is 2.24. The summed E-state index contributed by atoms with van der Waals surface area (Å²) in [6.45, 7) is 7.48. The topological polar surface area (TPSA) is 95.6 Å². The van der Waals surface area contributed by atoms with Crippen LogP contribution in [0.25, 0.3) is 11.5 Å². The molecule has 0 saturated carbocycles. The van der Waals surface area contributed by atoms with Gasteiger partial charge >= 0.3 is 0 Å². The van der Waals surface area contributed by atoms with E-state index in [9.17, 15) is 5.11 Å². The molecular weight excluding hydrogens is 525 g/mol. The van der Waals surface area contributed by atoms with Gasteiger partial charge < -0.3 is 20.3 Å². The molecule has 31 heavy (non-hydrogen) atoms. The Balaban J connectivity index is 0.00000341. The van der Waals surface area contributed by atoms with E-state index in [4.69, 9.17) is 4.52 Å². The van der Waals surface area contributed by atoms with Gasteiger partial charge in [-0.3, -0.25) is 0 Å². The summed E-state index contributed by atoms with van der Waals surface area (Å²) in [6, 6.07) is 11.8. The number of nitrogens with zero attached hydrogens (tertiary/aromatic N) is 3. The van der Waals surface area contributed by atoms with Crippen molar-refractivity contribution in [2.75, 3.05) is 13.1 Å². The lowest BCUT2D eigenvalue weighted by molar-refractivity contribution is 0.0655. The van der Waals surface area contributed by atoms with Crippen LogP contribution in [0.5, 0.6) is 0 Å². The summed E-state index contributed by atoms with van der Waals surface area (Å²) in [5, 5.41) is 23.2. The molecule has 3 aromatic rings. The number of aliphatic imine (C=N–C) groups is 1. The lowest BCUT2D eigenvalue weighted by Crippen LogP contribution is -2.44. The van der Waals surface area contributed by atoms with Crippen LogP contribution in [0.3, 0.4) is 0 Å². The van der Waals surface area contributed by atoms with Crippen molar-refractivity contribution in [1.82, 2.24) is 20.8 Å². The van der Waals surface area contributed by atoms with Gasteiger partial charge in [0.25, 0.3) is 5.89 Å². The van der Waals surface area contributed by atoms with E-state index in [-0.39, 0.29) is 24.0 Å². The number of rotatable bonds is 9. The minimum atomic E-state index is -0.960. The third-order valence-corrected chi connectivity index (χ3v) is 5.65. The largest absolute Gasteiger partial charge is 0.383 e. The Kier molecular flexibility index (Phi) is 9.92. The molecule has 0 aliphatic rings. The molecular formula is C22H30IN5O2S. The Bertz CT molecular complexity index is 956. The maximum atomic E-state index is 10.7. The van der Waals surface area contributed by atoms with Crippen LogP contribution in [0, 0.1) is 0 Å². The van der Waals surface area contributed by atoms with Crippen LogP contribution >= 0.6 is 35.3 Å². The molecule has 0 spiro atoms. The lowest BCUT2D eigenvalue weighted by Gasteiger charge is -2.23. The quantitative estimate of drug-likeness (QED) is 0.207. The van der Waals surface area contributed by atoms with Gasteiger partial charge in [-0.05, 0) is 49.4 Å². The second kappa shape index (κ2) is 12.2. The van der Waals surface area contributed by atoms with Crippen LogP contribution in [-0.2, 0) is 18.6 Å². The van der Waals surface area contributed by atoms with E-state index < -0.39 is 5.60 Å². The standard InChI is InChI=1S/C22H29N5O2S.HI/c1-4-8-19-26-20(29-27-19)17-10-6-9-16(13-17)14-24-21(23-5-2)25-15-22(3,28)18-11-7-12-30-18;/h6-7,9-13,28H,4-5,8,14-15H2,1-3H3,(H2,23,24,25);1H. The molecule has 0 saturated heterocycles. The Morgan fingerprint density at radius 3 is 2.77 bits per heavy atom. The van der Waals surface area contributed by atoms with Crippen LogP contribution in [-0.4, -0.2) is 34.3 Å². The molecule has 0 bridgehead atoms. The number of hydrogen-bond acceptors (Lipinski definition) is 6. The van der Waals surface area contributed by atoms with Crippen molar-refractivity contribution in [3.8, 4) is 11.5 Å². The molecule has 1 atom stereocenters. The first-order valence-electron chi connectivity index (χ1n) is 10.2. The van der Waals surface area contributed by atoms with E-state index >= 15 is 0 Å². The SMILES string of the molecule is CCCc1noc(-c2cccc(CN=C(NCC)NCC(C)(O)c3cccs3)c2)n1.I. The first-order chi connectivity index (χ1) is 14.5. The number of nitrogens with one attached hydrogen (secondary N) is 2.